The van der Waals surface area contributed by atoms with Crippen molar-refractivity contribution in [3.8, 4) is 5.75 Å². The number of carbonyl (C=O) groups is 2. The second kappa shape index (κ2) is 6.84. The van der Waals surface area contributed by atoms with Crippen LogP contribution in [0, 0.1) is 6.92 Å². The molecule has 0 radical (unpaired) electrons. The summed E-state index contributed by atoms with van der Waals surface area (Å²) in [6.45, 7) is 3.32. The lowest BCUT2D eigenvalue weighted by molar-refractivity contribution is -0.138. The third kappa shape index (κ3) is 2.74. The van der Waals surface area contributed by atoms with Crippen LogP contribution in [0.1, 0.15) is 34.5 Å². The Bertz CT molecular complexity index is 1010. The lowest BCUT2D eigenvalue weighted by Crippen LogP contribution is -2.15. The second-order valence-electron chi connectivity index (χ2n) is 6.04. The first-order valence-corrected chi connectivity index (χ1v) is 8.46. The van der Waals surface area contributed by atoms with Gasteiger partial charge in [0.1, 0.15) is 5.75 Å². The predicted octanol–water partition coefficient (Wildman–Crippen LogP) is 4.49. The molecule has 0 spiro atoms. The first kappa shape index (κ1) is 18.0. The van der Waals surface area contributed by atoms with Gasteiger partial charge in [0.2, 0.25) is 0 Å². The first-order valence-electron chi connectivity index (χ1n) is 8.08. The van der Waals surface area contributed by atoms with Crippen molar-refractivity contribution in [3.05, 3.63) is 64.3 Å². The predicted molar refractivity (Wildman–Crippen MR) is 100 cm³/mol. The van der Waals surface area contributed by atoms with Gasteiger partial charge >= 0.3 is 5.97 Å². The average Bonchev–Trinajstić information content (AvgIpc) is 2.94. The third-order valence-corrected chi connectivity index (χ3v) is 4.94. The molecule has 1 unspecified atom stereocenters. The van der Waals surface area contributed by atoms with Crippen LogP contribution in [0.5, 0.6) is 5.75 Å². The number of carbonyl (C=O) groups excluding carboxylic acids is 1. The Morgan fingerprint density at radius 3 is 2.38 bits per heavy atom. The van der Waals surface area contributed by atoms with Gasteiger partial charge in [-0.05, 0) is 43.7 Å². The van der Waals surface area contributed by atoms with Crippen molar-refractivity contribution in [1.82, 2.24) is 4.57 Å². The number of fused-ring (bicyclic) bond motifs is 1. The highest BCUT2D eigenvalue weighted by Crippen LogP contribution is 2.41. The van der Waals surface area contributed by atoms with Crippen LogP contribution in [0.2, 0.25) is 5.02 Å². The largest absolute Gasteiger partial charge is 0.495 e. The molecule has 0 aliphatic carbocycles. The maximum absolute atomic E-state index is 13.1. The number of hydrogen-bond acceptors (Lipinski definition) is 3. The summed E-state index contributed by atoms with van der Waals surface area (Å²) in [5.41, 5.74) is 2.14. The smallest absolute Gasteiger partial charge is 0.310 e. The minimum Gasteiger partial charge on any atom is -0.495 e. The van der Waals surface area contributed by atoms with E-state index in [2.05, 4.69) is 0 Å². The van der Waals surface area contributed by atoms with Crippen molar-refractivity contribution in [2.45, 2.75) is 19.8 Å². The fourth-order valence-electron chi connectivity index (χ4n) is 3.25. The summed E-state index contributed by atoms with van der Waals surface area (Å²) in [6.07, 6.45) is 0. The molecule has 3 aromatic rings. The minimum atomic E-state index is -0.988. The van der Waals surface area contributed by atoms with Gasteiger partial charge in [-0.25, -0.2) is 0 Å². The molecule has 1 heterocycles. The van der Waals surface area contributed by atoms with Gasteiger partial charge in [-0.2, -0.15) is 0 Å². The molecule has 6 heteroatoms. The zero-order chi connectivity index (χ0) is 19.0. The van der Waals surface area contributed by atoms with E-state index in [-0.39, 0.29) is 5.91 Å². The van der Waals surface area contributed by atoms with E-state index in [1.54, 1.807) is 50.2 Å². The summed E-state index contributed by atoms with van der Waals surface area (Å²) >= 11 is 6.49. The first-order chi connectivity index (χ1) is 12.4. The fraction of sp³-hybridized carbons (Fsp3) is 0.200. The van der Waals surface area contributed by atoms with E-state index >= 15 is 0 Å². The molecule has 0 saturated heterocycles. The number of carboxylic acid groups (broad SMARTS) is 1. The van der Waals surface area contributed by atoms with Gasteiger partial charge in [0.05, 0.1) is 23.6 Å². The number of rotatable bonds is 4. The van der Waals surface area contributed by atoms with Crippen molar-refractivity contribution in [2.24, 2.45) is 0 Å². The van der Waals surface area contributed by atoms with Gasteiger partial charge < -0.3 is 9.84 Å². The Balaban J connectivity index is 2.38. The number of methoxy groups -OCH3 is 1. The highest BCUT2D eigenvalue weighted by molar-refractivity contribution is 6.37. The molecule has 0 aliphatic heterocycles. The van der Waals surface area contributed by atoms with Crippen LogP contribution < -0.4 is 4.74 Å². The van der Waals surface area contributed by atoms with E-state index < -0.39 is 11.9 Å². The summed E-state index contributed by atoms with van der Waals surface area (Å²) in [6, 6.07) is 12.2. The Labute approximate surface area is 155 Å². The molecule has 0 saturated carbocycles. The van der Waals surface area contributed by atoms with Crippen molar-refractivity contribution < 1.29 is 19.4 Å². The molecule has 26 heavy (non-hydrogen) atoms. The topological polar surface area (TPSA) is 68.5 Å². The lowest BCUT2D eigenvalue weighted by atomic mass is 9.98. The standard InChI is InChI=1S/C20H18ClNO4/c1-11(20(24)25)16-12(2)22(19(23)13-7-5-4-6-8-13)14-9-10-15(26-3)18(21)17(14)16/h4-11H,1-3H3,(H,24,25). The number of nitrogens with zero attached hydrogens (tertiary/aromatic N) is 1. The Morgan fingerprint density at radius 2 is 1.81 bits per heavy atom. The SMILES string of the molecule is COc1ccc2c(c1Cl)c(C(C)C(=O)O)c(C)n2C(=O)c1ccccc1. The average molecular weight is 372 g/mol. The van der Waals surface area contributed by atoms with Crippen LogP contribution in [-0.2, 0) is 4.79 Å². The molecular weight excluding hydrogens is 354 g/mol. The zero-order valence-corrected chi connectivity index (χ0v) is 15.4. The molecule has 1 aromatic heterocycles. The zero-order valence-electron chi connectivity index (χ0n) is 14.6. The number of benzene rings is 2. The van der Waals surface area contributed by atoms with E-state index in [4.69, 9.17) is 16.3 Å². The summed E-state index contributed by atoms with van der Waals surface area (Å²) in [5, 5.41) is 10.4. The summed E-state index contributed by atoms with van der Waals surface area (Å²) in [7, 11) is 1.49. The minimum absolute atomic E-state index is 0.238. The van der Waals surface area contributed by atoms with E-state index in [9.17, 15) is 14.7 Å². The van der Waals surface area contributed by atoms with Gasteiger partial charge in [0.25, 0.3) is 5.91 Å². The van der Waals surface area contributed by atoms with Gasteiger partial charge in [-0.1, -0.05) is 29.8 Å². The molecule has 1 atom stereocenters. The molecule has 0 amide bonds. The molecule has 5 nitrogen and oxygen atoms in total. The van der Waals surface area contributed by atoms with Gasteiger partial charge in [-0.3, -0.25) is 14.2 Å². The highest BCUT2D eigenvalue weighted by atomic mass is 35.5. The van der Waals surface area contributed by atoms with Crippen molar-refractivity contribution >= 4 is 34.4 Å². The van der Waals surface area contributed by atoms with Gasteiger partial charge in [0.15, 0.2) is 0 Å². The molecular formula is C20H18ClNO4. The molecule has 0 aliphatic rings. The summed E-state index contributed by atoms with van der Waals surface area (Å²) < 4.78 is 6.79. The molecule has 2 aromatic carbocycles. The molecule has 0 bridgehead atoms. The van der Waals surface area contributed by atoms with Gasteiger partial charge in [-0.15, -0.1) is 0 Å². The maximum Gasteiger partial charge on any atom is 0.310 e. The van der Waals surface area contributed by atoms with Crippen molar-refractivity contribution in [3.63, 3.8) is 0 Å². The Kier molecular flexibility index (Phi) is 4.74. The Morgan fingerprint density at radius 1 is 1.15 bits per heavy atom. The monoisotopic (exact) mass is 371 g/mol. The number of carboxylic acids is 1. The highest BCUT2D eigenvalue weighted by Gasteiger charge is 2.28. The van der Waals surface area contributed by atoms with Crippen LogP contribution in [0.3, 0.4) is 0 Å². The van der Waals surface area contributed by atoms with E-state index in [1.807, 2.05) is 6.07 Å². The fourth-order valence-corrected chi connectivity index (χ4v) is 3.59. The van der Waals surface area contributed by atoms with Gasteiger partial charge in [0, 0.05) is 16.6 Å². The third-order valence-electron chi connectivity index (χ3n) is 4.57. The van der Waals surface area contributed by atoms with Crippen LogP contribution in [0.15, 0.2) is 42.5 Å². The van der Waals surface area contributed by atoms with E-state index in [0.717, 1.165) is 0 Å². The number of aromatic nitrogens is 1. The molecule has 3 rings (SSSR count). The molecule has 134 valence electrons. The summed E-state index contributed by atoms with van der Waals surface area (Å²) in [5.74, 6) is -1.62. The number of halogens is 1. The van der Waals surface area contributed by atoms with E-state index in [0.29, 0.717) is 38.5 Å². The Hall–Kier alpha value is -2.79. The number of hydrogen-bond donors (Lipinski definition) is 1. The second-order valence-corrected chi connectivity index (χ2v) is 6.42. The normalized spacial score (nSPS) is 12.2. The molecule has 0 fully saturated rings. The van der Waals surface area contributed by atoms with Crippen LogP contribution in [0.25, 0.3) is 10.9 Å². The summed E-state index contributed by atoms with van der Waals surface area (Å²) in [4.78, 5) is 24.7. The van der Waals surface area contributed by atoms with E-state index in [1.165, 1.54) is 11.7 Å². The maximum atomic E-state index is 13.1. The lowest BCUT2D eigenvalue weighted by Gasteiger charge is -2.09. The number of ether oxygens (including phenoxy) is 1. The van der Waals surface area contributed by atoms with Crippen LogP contribution in [-0.4, -0.2) is 28.7 Å². The van der Waals surface area contributed by atoms with Crippen molar-refractivity contribution in [1.29, 1.82) is 0 Å². The van der Waals surface area contributed by atoms with Crippen LogP contribution in [0.4, 0.5) is 0 Å². The molecule has 1 N–H and O–H groups in total. The van der Waals surface area contributed by atoms with Crippen LogP contribution >= 0.6 is 11.6 Å². The number of aliphatic carboxylic acids is 1. The van der Waals surface area contributed by atoms with Crippen molar-refractivity contribution in [2.75, 3.05) is 7.11 Å². The quantitative estimate of drug-likeness (QED) is 0.733.